The molecule has 0 aliphatic carbocycles. The minimum atomic E-state index is -0.951. The summed E-state index contributed by atoms with van der Waals surface area (Å²) in [5.41, 5.74) is 1.59. The van der Waals surface area contributed by atoms with Crippen molar-refractivity contribution in [2.24, 2.45) is 0 Å². The molecule has 0 radical (unpaired) electrons. The average Bonchev–Trinajstić information content (AvgIpc) is 2.82. The fraction of sp³-hybridized carbons (Fsp3) is 0.357. The van der Waals surface area contributed by atoms with Gasteiger partial charge in [-0.25, -0.2) is 0 Å². The average molecular weight is 262 g/mol. The lowest BCUT2D eigenvalue weighted by molar-refractivity contribution is -0.139. The third-order valence-electron chi connectivity index (χ3n) is 3.21. The van der Waals surface area contributed by atoms with Crippen LogP contribution in [-0.2, 0) is 4.79 Å². The van der Waals surface area contributed by atoms with Crippen molar-refractivity contribution in [1.82, 2.24) is 10.3 Å². The number of carboxylic acid groups (broad SMARTS) is 1. The lowest BCUT2D eigenvalue weighted by Gasteiger charge is -2.16. The molecule has 4 N–H and O–H groups in total. The van der Waals surface area contributed by atoms with Crippen LogP contribution in [0.1, 0.15) is 24.9 Å². The van der Waals surface area contributed by atoms with Crippen molar-refractivity contribution < 1.29 is 15.0 Å². The van der Waals surface area contributed by atoms with Crippen LogP contribution < -0.4 is 5.32 Å². The fourth-order valence-corrected chi connectivity index (χ4v) is 2.06. The number of carboxylic acids is 1. The molecular weight excluding hydrogens is 244 g/mol. The van der Waals surface area contributed by atoms with E-state index in [1.807, 2.05) is 31.2 Å². The van der Waals surface area contributed by atoms with Gasteiger partial charge in [0.1, 0.15) is 6.04 Å². The Bertz CT molecular complexity index is 565. The van der Waals surface area contributed by atoms with Gasteiger partial charge in [0.25, 0.3) is 0 Å². The number of aliphatic carboxylic acids is 1. The van der Waals surface area contributed by atoms with Crippen molar-refractivity contribution in [1.29, 1.82) is 0 Å². The Hall–Kier alpha value is -1.85. The lowest BCUT2D eigenvalue weighted by Crippen LogP contribution is -2.34. The molecule has 2 aromatic rings. The summed E-state index contributed by atoms with van der Waals surface area (Å²) in [6.07, 6.45) is 1.76. The second kappa shape index (κ2) is 5.86. The topological polar surface area (TPSA) is 85.3 Å². The molecule has 0 amide bonds. The van der Waals surface area contributed by atoms with Gasteiger partial charge in [-0.3, -0.25) is 10.1 Å². The predicted molar refractivity (Wildman–Crippen MR) is 73.0 cm³/mol. The van der Waals surface area contributed by atoms with Gasteiger partial charge >= 0.3 is 5.97 Å². The van der Waals surface area contributed by atoms with Gasteiger partial charge in [-0.05, 0) is 12.5 Å². The second-order valence-electron chi connectivity index (χ2n) is 4.53. The molecule has 2 atom stereocenters. The molecule has 0 saturated heterocycles. The minimum absolute atomic E-state index is 0.257. The van der Waals surface area contributed by atoms with Gasteiger partial charge in [0.05, 0.1) is 6.10 Å². The summed E-state index contributed by atoms with van der Waals surface area (Å²) in [7, 11) is 0. The smallest absolute Gasteiger partial charge is 0.325 e. The van der Waals surface area contributed by atoms with Crippen LogP contribution in [0.25, 0.3) is 10.9 Å². The summed E-state index contributed by atoms with van der Waals surface area (Å²) >= 11 is 0. The Morgan fingerprint density at radius 3 is 2.84 bits per heavy atom. The van der Waals surface area contributed by atoms with E-state index in [2.05, 4.69) is 10.3 Å². The van der Waals surface area contributed by atoms with Crippen LogP contribution in [0.2, 0.25) is 0 Å². The predicted octanol–water partition coefficient (Wildman–Crippen LogP) is 1.65. The summed E-state index contributed by atoms with van der Waals surface area (Å²) in [4.78, 5) is 14.4. The first-order valence-electron chi connectivity index (χ1n) is 6.33. The number of aliphatic hydroxyl groups excluding tert-OH is 1. The number of fused-ring (bicyclic) bond motifs is 1. The van der Waals surface area contributed by atoms with Crippen molar-refractivity contribution in [2.75, 3.05) is 6.54 Å². The van der Waals surface area contributed by atoms with Crippen LogP contribution in [0.3, 0.4) is 0 Å². The van der Waals surface area contributed by atoms with Gasteiger partial charge in [0.2, 0.25) is 0 Å². The molecule has 1 heterocycles. The van der Waals surface area contributed by atoms with Crippen molar-refractivity contribution in [3.05, 3.63) is 36.0 Å². The van der Waals surface area contributed by atoms with Gasteiger partial charge in [-0.15, -0.1) is 0 Å². The molecular formula is C14H18N2O3. The van der Waals surface area contributed by atoms with Crippen LogP contribution in [0, 0.1) is 0 Å². The number of H-pyrrole nitrogens is 1. The molecule has 5 heteroatoms. The molecule has 2 rings (SSSR count). The van der Waals surface area contributed by atoms with Crippen molar-refractivity contribution in [2.45, 2.75) is 25.5 Å². The highest BCUT2D eigenvalue weighted by Crippen LogP contribution is 2.24. The van der Waals surface area contributed by atoms with E-state index in [1.54, 1.807) is 6.20 Å². The number of benzene rings is 1. The summed E-state index contributed by atoms with van der Waals surface area (Å²) in [6.45, 7) is 2.11. The van der Waals surface area contributed by atoms with Crippen molar-refractivity contribution >= 4 is 16.9 Å². The standard InChI is InChI=1S/C14H18N2O3/c1-2-9(17)7-16-13(14(18)19)11-8-15-12-6-4-3-5-10(11)12/h3-6,8-9,13,15-17H,2,7H2,1H3,(H,18,19). The fourth-order valence-electron chi connectivity index (χ4n) is 2.06. The van der Waals surface area contributed by atoms with Gasteiger partial charge in [0.15, 0.2) is 0 Å². The van der Waals surface area contributed by atoms with Crippen LogP contribution in [-0.4, -0.2) is 33.8 Å². The van der Waals surface area contributed by atoms with Crippen molar-refractivity contribution in [3.8, 4) is 0 Å². The quantitative estimate of drug-likeness (QED) is 0.637. The van der Waals surface area contributed by atoms with E-state index in [0.717, 1.165) is 10.9 Å². The maximum atomic E-state index is 11.4. The van der Waals surface area contributed by atoms with E-state index in [1.165, 1.54) is 0 Å². The number of aromatic amines is 1. The molecule has 1 aromatic carbocycles. The van der Waals surface area contributed by atoms with Gasteiger partial charge in [0, 0.05) is 29.2 Å². The summed E-state index contributed by atoms with van der Waals surface area (Å²) < 4.78 is 0. The third-order valence-corrected chi connectivity index (χ3v) is 3.21. The monoisotopic (exact) mass is 262 g/mol. The van der Waals surface area contributed by atoms with E-state index in [9.17, 15) is 15.0 Å². The number of para-hydroxylation sites is 1. The summed E-state index contributed by atoms with van der Waals surface area (Å²) in [6, 6.07) is 6.73. The number of aromatic nitrogens is 1. The number of hydrogen-bond acceptors (Lipinski definition) is 3. The Morgan fingerprint density at radius 2 is 2.16 bits per heavy atom. The first-order valence-corrected chi connectivity index (χ1v) is 6.33. The number of hydrogen-bond donors (Lipinski definition) is 4. The lowest BCUT2D eigenvalue weighted by atomic mass is 10.1. The van der Waals surface area contributed by atoms with Gasteiger partial charge in [-0.1, -0.05) is 25.1 Å². The van der Waals surface area contributed by atoms with E-state index in [-0.39, 0.29) is 6.54 Å². The van der Waals surface area contributed by atoms with E-state index >= 15 is 0 Å². The Kier molecular flexibility index (Phi) is 4.19. The van der Waals surface area contributed by atoms with Crippen molar-refractivity contribution in [3.63, 3.8) is 0 Å². The zero-order valence-corrected chi connectivity index (χ0v) is 10.8. The Morgan fingerprint density at radius 1 is 1.42 bits per heavy atom. The Labute approximate surface area is 111 Å². The first-order chi connectivity index (χ1) is 9.13. The first kappa shape index (κ1) is 13.6. The van der Waals surface area contributed by atoms with Crippen LogP contribution in [0.5, 0.6) is 0 Å². The summed E-state index contributed by atoms with van der Waals surface area (Å²) in [5, 5.41) is 22.6. The molecule has 0 fully saturated rings. The molecule has 1 aromatic heterocycles. The highest BCUT2D eigenvalue weighted by molar-refractivity contribution is 5.89. The number of rotatable bonds is 6. The Balaban J connectivity index is 2.26. The maximum absolute atomic E-state index is 11.4. The molecule has 19 heavy (non-hydrogen) atoms. The van der Waals surface area contributed by atoms with E-state index in [0.29, 0.717) is 12.0 Å². The number of carbonyl (C=O) groups is 1. The van der Waals surface area contributed by atoms with E-state index < -0.39 is 18.1 Å². The molecule has 0 bridgehead atoms. The number of nitrogens with one attached hydrogen (secondary N) is 2. The molecule has 102 valence electrons. The largest absolute Gasteiger partial charge is 0.480 e. The molecule has 5 nitrogen and oxygen atoms in total. The zero-order valence-electron chi connectivity index (χ0n) is 10.8. The summed E-state index contributed by atoms with van der Waals surface area (Å²) in [5.74, 6) is -0.951. The molecule has 0 saturated carbocycles. The normalized spacial score (nSPS) is 14.4. The third kappa shape index (κ3) is 2.94. The highest BCUT2D eigenvalue weighted by atomic mass is 16.4. The van der Waals surface area contributed by atoms with Gasteiger partial charge < -0.3 is 15.2 Å². The minimum Gasteiger partial charge on any atom is -0.480 e. The molecule has 0 aliphatic rings. The molecule has 0 spiro atoms. The van der Waals surface area contributed by atoms with E-state index in [4.69, 9.17) is 0 Å². The zero-order chi connectivity index (χ0) is 13.8. The highest BCUT2D eigenvalue weighted by Gasteiger charge is 2.22. The number of aliphatic hydroxyl groups is 1. The van der Waals surface area contributed by atoms with Crippen LogP contribution in [0.4, 0.5) is 0 Å². The van der Waals surface area contributed by atoms with Crippen LogP contribution >= 0.6 is 0 Å². The van der Waals surface area contributed by atoms with Crippen LogP contribution in [0.15, 0.2) is 30.5 Å². The molecule has 0 aliphatic heterocycles. The second-order valence-corrected chi connectivity index (χ2v) is 4.53. The SMILES string of the molecule is CCC(O)CNC(C(=O)O)c1c[nH]c2ccccc12. The molecule has 2 unspecified atom stereocenters. The maximum Gasteiger partial charge on any atom is 0.325 e. The van der Waals surface area contributed by atoms with Gasteiger partial charge in [-0.2, -0.15) is 0 Å².